The molecular weight excluding hydrogens is 334 g/mol. The van der Waals surface area contributed by atoms with Gasteiger partial charge in [-0.15, -0.1) is 0 Å². The van der Waals surface area contributed by atoms with Crippen LogP contribution in [0.5, 0.6) is 5.75 Å². The molecule has 2 rings (SSSR count). The van der Waals surface area contributed by atoms with Crippen molar-refractivity contribution in [3.8, 4) is 5.75 Å². The van der Waals surface area contributed by atoms with Crippen LogP contribution in [-0.2, 0) is 20.7 Å². The first-order chi connectivity index (χ1) is 12.6. The number of nitrogens with zero attached hydrogens (tertiary/aromatic N) is 1. The molecule has 0 unspecified atom stereocenters. The number of esters is 1. The normalized spacial score (nSPS) is 11.8. The zero-order valence-electron chi connectivity index (χ0n) is 14.9. The molecule has 0 radical (unpaired) electrons. The highest BCUT2D eigenvalue weighted by Crippen LogP contribution is 2.23. The maximum Gasteiger partial charge on any atom is 0.341 e. The summed E-state index contributed by atoms with van der Waals surface area (Å²) in [5.41, 5.74) is 2.70. The zero-order chi connectivity index (χ0) is 18.9. The smallest absolute Gasteiger partial charge is 0.341 e. The van der Waals surface area contributed by atoms with Gasteiger partial charge in [-0.25, -0.2) is 4.79 Å². The first-order valence-corrected chi connectivity index (χ1v) is 7.89. The number of hydrogen-bond donors (Lipinski definition) is 1. The number of carbonyl (C=O) groups is 1. The van der Waals surface area contributed by atoms with Crippen molar-refractivity contribution in [2.45, 2.75) is 6.42 Å². The minimum Gasteiger partial charge on any atom is -0.503 e. The van der Waals surface area contributed by atoms with Crippen molar-refractivity contribution < 1.29 is 24.2 Å². The fraction of sp³-hybridized carbons (Fsp3) is 0.200. The third kappa shape index (κ3) is 4.42. The van der Waals surface area contributed by atoms with E-state index in [4.69, 9.17) is 14.2 Å². The lowest BCUT2D eigenvalue weighted by Gasteiger charge is -2.13. The molecule has 0 aliphatic rings. The van der Waals surface area contributed by atoms with Gasteiger partial charge in [-0.1, -0.05) is 41.6 Å². The molecule has 26 heavy (non-hydrogen) atoms. The van der Waals surface area contributed by atoms with Crippen LogP contribution in [0, 0.1) is 0 Å². The van der Waals surface area contributed by atoms with Crippen molar-refractivity contribution in [1.29, 1.82) is 0 Å². The van der Waals surface area contributed by atoms with E-state index >= 15 is 0 Å². The Morgan fingerprint density at radius 2 is 1.81 bits per heavy atom. The molecule has 6 nitrogen and oxygen atoms in total. The van der Waals surface area contributed by atoms with Crippen LogP contribution >= 0.6 is 0 Å². The number of rotatable bonds is 7. The number of carbonyl (C=O) groups excluding carboxylic acids is 1. The third-order valence-electron chi connectivity index (χ3n) is 3.80. The lowest BCUT2D eigenvalue weighted by molar-refractivity contribution is -0.133. The minimum absolute atomic E-state index is 0.234. The second-order valence-corrected chi connectivity index (χ2v) is 5.38. The van der Waals surface area contributed by atoms with E-state index in [-0.39, 0.29) is 5.57 Å². The third-order valence-corrected chi connectivity index (χ3v) is 3.80. The van der Waals surface area contributed by atoms with E-state index in [1.807, 2.05) is 24.3 Å². The Morgan fingerprint density at radius 1 is 1.08 bits per heavy atom. The van der Waals surface area contributed by atoms with Crippen molar-refractivity contribution in [2.24, 2.45) is 5.16 Å². The predicted octanol–water partition coefficient (Wildman–Crippen LogP) is 3.28. The number of methoxy groups -OCH3 is 3. The van der Waals surface area contributed by atoms with Crippen molar-refractivity contribution >= 4 is 17.3 Å². The number of hydrogen-bond acceptors (Lipinski definition) is 6. The van der Waals surface area contributed by atoms with Crippen molar-refractivity contribution in [2.75, 3.05) is 21.3 Å². The second kappa shape index (κ2) is 9.27. The molecule has 0 bridgehead atoms. The van der Waals surface area contributed by atoms with E-state index in [2.05, 4.69) is 5.16 Å². The summed E-state index contributed by atoms with van der Waals surface area (Å²) in [5, 5.41) is 13.0. The van der Waals surface area contributed by atoms with E-state index in [0.717, 1.165) is 5.56 Å². The molecule has 0 amide bonds. The van der Waals surface area contributed by atoms with Gasteiger partial charge in [-0.3, -0.25) is 0 Å². The van der Waals surface area contributed by atoms with Crippen molar-refractivity contribution in [1.82, 2.24) is 0 Å². The van der Waals surface area contributed by atoms with Gasteiger partial charge in [0, 0.05) is 17.5 Å². The van der Waals surface area contributed by atoms with Crippen molar-refractivity contribution in [3.63, 3.8) is 0 Å². The van der Waals surface area contributed by atoms with Crippen LogP contribution in [0.15, 0.2) is 59.9 Å². The van der Waals surface area contributed by atoms with Gasteiger partial charge in [0.25, 0.3) is 0 Å². The average Bonchev–Trinajstić information content (AvgIpc) is 2.70. The SMILES string of the molecule is CO/C=C(/C(=O)OC)c1ccccc1/C(Cc1cccc(OC)c1)=N/O. The summed E-state index contributed by atoms with van der Waals surface area (Å²) in [6.45, 7) is 0. The predicted molar refractivity (Wildman–Crippen MR) is 98.5 cm³/mol. The largest absolute Gasteiger partial charge is 0.503 e. The second-order valence-electron chi connectivity index (χ2n) is 5.38. The molecule has 2 aromatic carbocycles. The van der Waals surface area contributed by atoms with E-state index in [0.29, 0.717) is 29.0 Å². The molecule has 0 saturated heterocycles. The Balaban J connectivity index is 2.46. The highest BCUT2D eigenvalue weighted by molar-refractivity contribution is 6.19. The first kappa shape index (κ1) is 19.1. The molecule has 6 heteroatoms. The topological polar surface area (TPSA) is 77.4 Å². The van der Waals surface area contributed by atoms with Gasteiger partial charge in [-0.05, 0) is 17.7 Å². The molecule has 0 atom stereocenters. The molecule has 2 aromatic rings. The fourth-order valence-corrected chi connectivity index (χ4v) is 2.58. The van der Waals surface area contributed by atoms with Crippen LogP contribution in [0.2, 0.25) is 0 Å². The maximum atomic E-state index is 12.1. The van der Waals surface area contributed by atoms with Crippen LogP contribution in [0.1, 0.15) is 16.7 Å². The highest BCUT2D eigenvalue weighted by Gasteiger charge is 2.20. The summed E-state index contributed by atoms with van der Waals surface area (Å²) in [7, 11) is 4.34. The van der Waals surface area contributed by atoms with E-state index < -0.39 is 5.97 Å². The quantitative estimate of drug-likeness (QED) is 0.206. The summed E-state index contributed by atoms with van der Waals surface area (Å²) in [6, 6.07) is 14.6. The summed E-state index contributed by atoms with van der Waals surface area (Å²) < 4.78 is 15.1. The van der Waals surface area contributed by atoms with Gasteiger partial charge in [0.15, 0.2) is 0 Å². The molecule has 0 saturated carbocycles. The fourth-order valence-electron chi connectivity index (χ4n) is 2.58. The van der Waals surface area contributed by atoms with Crippen LogP contribution in [0.25, 0.3) is 5.57 Å². The van der Waals surface area contributed by atoms with Crippen molar-refractivity contribution in [3.05, 3.63) is 71.5 Å². The zero-order valence-corrected chi connectivity index (χ0v) is 14.9. The Labute approximate surface area is 152 Å². The lowest BCUT2D eigenvalue weighted by Crippen LogP contribution is -2.12. The average molecular weight is 355 g/mol. The Kier molecular flexibility index (Phi) is 6.79. The van der Waals surface area contributed by atoms with E-state index in [9.17, 15) is 10.0 Å². The van der Waals surface area contributed by atoms with Gasteiger partial charge >= 0.3 is 5.97 Å². The van der Waals surface area contributed by atoms with Gasteiger partial charge < -0.3 is 19.4 Å². The lowest BCUT2D eigenvalue weighted by atomic mass is 9.94. The summed E-state index contributed by atoms with van der Waals surface area (Å²) in [6.07, 6.45) is 1.66. The molecule has 0 spiro atoms. The monoisotopic (exact) mass is 355 g/mol. The highest BCUT2D eigenvalue weighted by atomic mass is 16.5. The van der Waals surface area contributed by atoms with Crippen LogP contribution in [0.4, 0.5) is 0 Å². The van der Waals surface area contributed by atoms with E-state index in [1.54, 1.807) is 31.4 Å². The van der Waals surface area contributed by atoms with E-state index in [1.165, 1.54) is 20.5 Å². The van der Waals surface area contributed by atoms with Gasteiger partial charge in [-0.2, -0.15) is 0 Å². The number of benzene rings is 2. The molecular formula is C20H21NO5. The minimum atomic E-state index is -0.544. The Bertz CT molecular complexity index is 826. The Hall–Kier alpha value is -3.28. The molecule has 136 valence electrons. The molecule has 0 heterocycles. The van der Waals surface area contributed by atoms with Crippen LogP contribution in [-0.4, -0.2) is 38.2 Å². The Morgan fingerprint density at radius 3 is 2.42 bits per heavy atom. The molecule has 0 aromatic heterocycles. The standard InChI is InChI=1S/C20H21NO5/c1-24-13-18(20(22)26-3)16-9-4-5-10-17(16)19(21-23)12-14-7-6-8-15(11-14)25-2/h4-11,13,23H,12H2,1-3H3/b18-13+,21-19+. The number of oxime groups is 1. The molecule has 1 N–H and O–H groups in total. The summed E-state index contributed by atoms with van der Waals surface area (Å²) >= 11 is 0. The maximum absolute atomic E-state index is 12.1. The van der Waals surface area contributed by atoms with Crippen LogP contribution in [0.3, 0.4) is 0 Å². The molecule has 0 aliphatic heterocycles. The van der Waals surface area contributed by atoms with Crippen LogP contribution < -0.4 is 4.74 Å². The number of ether oxygens (including phenoxy) is 3. The molecule has 0 fully saturated rings. The van der Waals surface area contributed by atoms with Gasteiger partial charge in [0.2, 0.25) is 0 Å². The summed E-state index contributed by atoms with van der Waals surface area (Å²) in [4.78, 5) is 12.1. The first-order valence-electron chi connectivity index (χ1n) is 7.89. The van der Waals surface area contributed by atoms with Gasteiger partial charge in [0.1, 0.15) is 11.3 Å². The van der Waals surface area contributed by atoms with Gasteiger partial charge in [0.05, 0.1) is 33.3 Å². The summed E-state index contributed by atoms with van der Waals surface area (Å²) in [5.74, 6) is 0.167. The molecule has 0 aliphatic carbocycles.